The molecule has 3 heteroatoms. The maximum Gasteiger partial charge on any atom is 0.0896 e. The Balaban J connectivity index is 1.97. The molecule has 0 spiro atoms. The quantitative estimate of drug-likeness (QED) is 0.862. The fourth-order valence-corrected chi connectivity index (χ4v) is 4.44. The van der Waals surface area contributed by atoms with Crippen LogP contribution in [0.15, 0.2) is 0 Å². The van der Waals surface area contributed by atoms with E-state index in [0.29, 0.717) is 5.41 Å². The molecule has 21 heavy (non-hydrogen) atoms. The van der Waals surface area contributed by atoms with E-state index in [9.17, 15) is 5.11 Å². The molecule has 1 N–H and O–H groups in total. The van der Waals surface area contributed by atoms with Crippen molar-refractivity contribution in [3.8, 4) is 0 Å². The van der Waals surface area contributed by atoms with Gasteiger partial charge in [-0.25, -0.2) is 0 Å². The molecule has 0 aromatic rings. The lowest BCUT2D eigenvalue weighted by Crippen LogP contribution is -2.47. The molecule has 2 fully saturated rings. The van der Waals surface area contributed by atoms with Gasteiger partial charge in [0.2, 0.25) is 0 Å². The van der Waals surface area contributed by atoms with Gasteiger partial charge in [0.1, 0.15) is 0 Å². The summed E-state index contributed by atoms with van der Waals surface area (Å²) < 4.78 is 6.11. The van der Waals surface area contributed by atoms with Crippen LogP contribution in [-0.4, -0.2) is 46.9 Å². The standard InChI is InChI=1S/C18H35NO2/c1-7-18(8-2)9-11-19(12-10-18)13-14-15(20)17(5,6)21-16(14,3)4/h14-15,20H,7-13H2,1-6H3. The molecule has 0 amide bonds. The highest BCUT2D eigenvalue weighted by Crippen LogP contribution is 2.44. The van der Waals surface area contributed by atoms with E-state index >= 15 is 0 Å². The molecule has 2 atom stereocenters. The summed E-state index contributed by atoms with van der Waals surface area (Å²) in [6.45, 7) is 16.2. The van der Waals surface area contributed by atoms with Gasteiger partial charge in [0.25, 0.3) is 0 Å². The lowest BCUT2D eigenvalue weighted by molar-refractivity contribution is -0.0916. The van der Waals surface area contributed by atoms with Crippen LogP contribution in [0, 0.1) is 11.3 Å². The van der Waals surface area contributed by atoms with Crippen LogP contribution in [0.2, 0.25) is 0 Å². The molecule has 0 aromatic carbocycles. The van der Waals surface area contributed by atoms with E-state index in [4.69, 9.17) is 4.74 Å². The normalized spacial score (nSPS) is 35.0. The van der Waals surface area contributed by atoms with Crippen LogP contribution >= 0.6 is 0 Å². The zero-order valence-electron chi connectivity index (χ0n) is 14.9. The van der Waals surface area contributed by atoms with Gasteiger partial charge in [-0.3, -0.25) is 0 Å². The van der Waals surface area contributed by atoms with Gasteiger partial charge in [-0.1, -0.05) is 26.7 Å². The first kappa shape index (κ1) is 17.2. The minimum atomic E-state index is -0.430. The van der Waals surface area contributed by atoms with Gasteiger partial charge in [0.05, 0.1) is 17.3 Å². The monoisotopic (exact) mass is 297 g/mol. The summed E-state index contributed by atoms with van der Waals surface area (Å²) in [7, 11) is 0. The van der Waals surface area contributed by atoms with Gasteiger partial charge in [-0.15, -0.1) is 0 Å². The maximum absolute atomic E-state index is 10.6. The minimum absolute atomic E-state index is 0.197. The number of aliphatic hydroxyl groups is 1. The van der Waals surface area contributed by atoms with Gasteiger partial charge in [0.15, 0.2) is 0 Å². The summed E-state index contributed by atoms with van der Waals surface area (Å²) >= 11 is 0. The van der Waals surface area contributed by atoms with Crippen LogP contribution in [-0.2, 0) is 4.74 Å². The van der Waals surface area contributed by atoms with Crippen LogP contribution in [0.5, 0.6) is 0 Å². The number of nitrogens with zero attached hydrogens (tertiary/aromatic N) is 1. The second-order valence-electron chi connectivity index (χ2n) is 8.37. The van der Waals surface area contributed by atoms with E-state index < -0.39 is 5.60 Å². The Morgan fingerprint density at radius 1 is 1.00 bits per heavy atom. The number of hydrogen-bond donors (Lipinski definition) is 1. The van der Waals surface area contributed by atoms with Gasteiger partial charge < -0.3 is 14.7 Å². The van der Waals surface area contributed by atoms with Crippen molar-refractivity contribution in [2.45, 2.75) is 84.5 Å². The summed E-state index contributed by atoms with van der Waals surface area (Å²) in [6, 6.07) is 0. The van der Waals surface area contributed by atoms with Crippen molar-refractivity contribution in [3.63, 3.8) is 0 Å². The number of aliphatic hydroxyl groups excluding tert-OH is 1. The molecule has 0 aromatic heterocycles. The van der Waals surface area contributed by atoms with Crippen molar-refractivity contribution in [2.75, 3.05) is 19.6 Å². The molecule has 3 nitrogen and oxygen atoms in total. The van der Waals surface area contributed by atoms with E-state index in [2.05, 4.69) is 32.6 Å². The molecule has 0 bridgehead atoms. The molecular weight excluding hydrogens is 262 g/mol. The van der Waals surface area contributed by atoms with Crippen molar-refractivity contribution < 1.29 is 9.84 Å². The van der Waals surface area contributed by atoms with Gasteiger partial charge in [0, 0.05) is 12.5 Å². The SMILES string of the molecule is CCC1(CC)CCN(CC2C(O)C(C)(C)OC2(C)C)CC1. The van der Waals surface area contributed by atoms with E-state index in [1.807, 2.05) is 13.8 Å². The molecule has 0 aliphatic carbocycles. The van der Waals surface area contributed by atoms with Crippen LogP contribution < -0.4 is 0 Å². The number of rotatable bonds is 4. The first-order valence-corrected chi connectivity index (χ1v) is 8.76. The van der Waals surface area contributed by atoms with Crippen LogP contribution in [0.4, 0.5) is 0 Å². The fraction of sp³-hybridized carbons (Fsp3) is 1.00. The average Bonchev–Trinajstić information content (AvgIpc) is 2.58. The predicted molar refractivity (Wildman–Crippen MR) is 87.4 cm³/mol. The molecule has 0 saturated carbocycles. The third-order valence-corrected chi connectivity index (χ3v) is 6.38. The lowest BCUT2D eigenvalue weighted by Gasteiger charge is -2.43. The molecule has 2 saturated heterocycles. The molecule has 2 heterocycles. The zero-order valence-corrected chi connectivity index (χ0v) is 14.9. The zero-order chi connectivity index (χ0) is 15.9. The Hall–Kier alpha value is -0.120. The summed E-state index contributed by atoms with van der Waals surface area (Å²) in [5.41, 5.74) is -0.108. The van der Waals surface area contributed by atoms with E-state index in [1.54, 1.807) is 0 Å². The number of hydrogen-bond acceptors (Lipinski definition) is 3. The van der Waals surface area contributed by atoms with Gasteiger partial charge in [-0.05, 0) is 59.0 Å². The summed E-state index contributed by atoms with van der Waals surface area (Å²) in [5, 5.41) is 10.6. The topological polar surface area (TPSA) is 32.7 Å². The molecule has 2 aliphatic rings. The van der Waals surface area contributed by atoms with Crippen LogP contribution in [0.1, 0.15) is 67.2 Å². The largest absolute Gasteiger partial charge is 0.390 e. The van der Waals surface area contributed by atoms with Crippen molar-refractivity contribution in [1.82, 2.24) is 4.90 Å². The third kappa shape index (κ3) is 3.30. The molecule has 2 aliphatic heterocycles. The second-order valence-corrected chi connectivity index (χ2v) is 8.37. The lowest BCUT2D eigenvalue weighted by atomic mass is 9.74. The first-order chi connectivity index (χ1) is 9.66. The van der Waals surface area contributed by atoms with Gasteiger partial charge in [-0.2, -0.15) is 0 Å². The van der Waals surface area contributed by atoms with Crippen molar-refractivity contribution in [1.29, 1.82) is 0 Å². The predicted octanol–water partition coefficient (Wildman–Crippen LogP) is 3.45. The molecule has 124 valence electrons. The molecular formula is C18H35NO2. The Labute approximate surface area is 131 Å². The van der Waals surface area contributed by atoms with Crippen LogP contribution in [0.3, 0.4) is 0 Å². The Morgan fingerprint density at radius 2 is 1.52 bits per heavy atom. The maximum atomic E-state index is 10.6. The smallest absolute Gasteiger partial charge is 0.0896 e. The van der Waals surface area contributed by atoms with E-state index in [-0.39, 0.29) is 17.6 Å². The number of ether oxygens (including phenoxy) is 1. The number of likely N-dealkylation sites (tertiary alicyclic amines) is 1. The third-order valence-electron chi connectivity index (χ3n) is 6.38. The highest BCUT2D eigenvalue weighted by molar-refractivity contribution is 5.02. The summed E-state index contributed by atoms with van der Waals surface area (Å²) in [4.78, 5) is 2.55. The summed E-state index contributed by atoms with van der Waals surface area (Å²) in [5.74, 6) is 0.197. The second kappa shape index (κ2) is 5.82. The van der Waals surface area contributed by atoms with Crippen molar-refractivity contribution in [3.05, 3.63) is 0 Å². The molecule has 0 radical (unpaired) electrons. The van der Waals surface area contributed by atoms with Crippen molar-refractivity contribution in [2.24, 2.45) is 11.3 Å². The van der Waals surface area contributed by atoms with Crippen molar-refractivity contribution >= 4 is 0 Å². The first-order valence-electron chi connectivity index (χ1n) is 8.76. The minimum Gasteiger partial charge on any atom is -0.390 e. The average molecular weight is 297 g/mol. The number of piperidine rings is 1. The molecule has 2 rings (SSSR count). The van der Waals surface area contributed by atoms with Gasteiger partial charge >= 0.3 is 0 Å². The molecule has 2 unspecified atom stereocenters. The van der Waals surface area contributed by atoms with E-state index in [1.165, 1.54) is 38.8 Å². The fourth-order valence-electron chi connectivity index (χ4n) is 4.44. The Kier molecular flexibility index (Phi) is 4.78. The summed E-state index contributed by atoms with van der Waals surface area (Å²) in [6.07, 6.45) is 4.81. The highest BCUT2D eigenvalue weighted by Gasteiger charge is 2.53. The van der Waals surface area contributed by atoms with E-state index in [0.717, 1.165) is 6.54 Å². The highest BCUT2D eigenvalue weighted by atomic mass is 16.5. The Morgan fingerprint density at radius 3 is 1.90 bits per heavy atom. The van der Waals surface area contributed by atoms with Crippen LogP contribution in [0.25, 0.3) is 0 Å². The Bertz CT molecular complexity index is 350.